The van der Waals surface area contributed by atoms with Crippen molar-refractivity contribution in [3.63, 3.8) is 0 Å². The molecule has 2 rings (SSSR count). The number of hydrogen-bond acceptors (Lipinski definition) is 4. The van der Waals surface area contributed by atoms with Crippen LogP contribution in [0, 0.1) is 0 Å². The van der Waals surface area contributed by atoms with E-state index in [0.717, 1.165) is 11.4 Å². The molecular weight excluding hydrogens is 286 g/mol. The molecule has 6 heteroatoms. The molecule has 0 spiro atoms. The smallest absolute Gasteiger partial charge is 0.227 e. The van der Waals surface area contributed by atoms with Gasteiger partial charge in [-0.2, -0.15) is 0 Å². The number of thiophene rings is 1. The summed E-state index contributed by atoms with van der Waals surface area (Å²) in [6.45, 7) is 3.39. The Hall–Kier alpha value is -1.40. The van der Waals surface area contributed by atoms with E-state index in [4.69, 9.17) is 0 Å². The van der Waals surface area contributed by atoms with E-state index in [0.29, 0.717) is 39.0 Å². The Labute approximate surface area is 130 Å². The van der Waals surface area contributed by atoms with Crippen molar-refractivity contribution < 1.29 is 9.59 Å². The van der Waals surface area contributed by atoms with Gasteiger partial charge in [0, 0.05) is 44.0 Å². The molecule has 0 atom stereocenters. The average molecular weight is 309 g/mol. The lowest BCUT2D eigenvalue weighted by atomic mass is 10.2. The maximum atomic E-state index is 12.2. The molecule has 0 saturated carbocycles. The summed E-state index contributed by atoms with van der Waals surface area (Å²) in [5.74, 6) is 0.354. The summed E-state index contributed by atoms with van der Waals surface area (Å²) in [4.78, 5) is 31.1. The van der Waals surface area contributed by atoms with Gasteiger partial charge in [0.1, 0.15) is 0 Å². The zero-order chi connectivity index (χ0) is 15.2. The van der Waals surface area contributed by atoms with Gasteiger partial charge in [-0.1, -0.05) is 6.07 Å². The van der Waals surface area contributed by atoms with Crippen molar-refractivity contribution in [1.82, 2.24) is 14.7 Å². The molecule has 1 aromatic rings. The second-order valence-corrected chi connectivity index (χ2v) is 6.60. The predicted octanol–water partition coefficient (Wildman–Crippen LogP) is 0.913. The van der Waals surface area contributed by atoms with Gasteiger partial charge < -0.3 is 14.7 Å². The fraction of sp³-hybridized carbons (Fsp3) is 0.600. The van der Waals surface area contributed by atoms with Gasteiger partial charge in [0.15, 0.2) is 0 Å². The van der Waals surface area contributed by atoms with Crippen LogP contribution in [0.3, 0.4) is 0 Å². The third kappa shape index (κ3) is 4.82. The molecule has 5 nitrogen and oxygen atoms in total. The first kappa shape index (κ1) is 16.0. The Bertz CT molecular complexity index is 465. The lowest BCUT2D eigenvalue weighted by Gasteiger charge is -2.35. The molecule has 1 aromatic heterocycles. The molecule has 21 heavy (non-hydrogen) atoms. The number of piperazine rings is 1. The van der Waals surface area contributed by atoms with E-state index in [1.165, 1.54) is 0 Å². The van der Waals surface area contributed by atoms with E-state index in [-0.39, 0.29) is 11.8 Å². The fourth-order valence-electron chi connectivity index (χ4n) is 2.36. The van der Waals surface area contributed by atoms with E-state index in [1.54, 1.807) is 11.3 Å². The van der Waals surface area contributed by atoms with Crippen LogP contribution in [0.25, 0.3) is 0 Å². The van der Waals surface area contributed by atoms with Crippen molar-refractivity contribution in [2.45, 2.75) is 12.8 Å². The van der Waals surface area contributed by atoms with Crippen molar-refractivity contribution in [2.75, 3.05) is 46.8 Å². The first-order chi connectivity index (χ1) is 10.1. The maximum Gasteiger partial charge on any atom is 0.227 e. The molecular formula is C15H23N3O2S. The number of nitrogens with zero attached hydrogens (tertiary/aromatic N) is 3. The van der Waals surface area contributed by atoms with Crippen LogP contribution in [0.5, 0.6) is 0 Å². The lowest BCUT2D eigenvalue weighted by Crippen LogP contribution is -2.51. The molecule has 0 aromatic carbocycles. The molecule has 0 radical (unpaired) electrons. The van der Waals surface area contributed by atoms with Gasteiger partial charge in [-0.05, 0) is 25.5 Å². The van der Waals surface area contributed by atoms with E-state index in [9.17, 15) is 9.59 Å². The second-order valence-electron chi connectivity index (χ2n) is 5.57. The van der Waals surface area contributed by atoms with Gasteiger partial charge in [-0.3, -0.25) is 9.59 Å². The van der Waals surface area contributed by atoms with Crippen LogP contribution in [0.15, 0.2) is 17.5 Å². The molecule has 2 amide bonds. The first-order valence-electron chi connectivity index (χ1n) is 7.29. The Morgan fingerprint density at radius 3 is 2.29 bits per heavy atom. The van der Waals surface area contributed by atoms with Gasteiger partial charge in [0.2, 0.25) is 11.8 Å². The van der Waals surface area contributed by atoms with Crippen molar-refractivity contribution >= 4 is 23.2 Å². The topological polar surface area (TPSA) is 43.9 Å². The van der Waals surface area contributed by atoms with Gasteiger partial charge >= 0.3 is 0 Å². The number of carbonyl (C=O) groups is 2. The van der Waals surface area contributed by atoms with Crippen molar-refractivity contribution in [1.29, 1.82) is 0 Å². The average Bonchev–Trinajstić information content (AvgIpc) is 2.97. The van der Waals surface area contributed by atoms with Crippen molar-refractivity contribution in [3.8, 4) is 0 Å². The Morgan fingerprint density at radius 2 is 1.76 bits per heavy atom. The molecule has 1 fully saturated rings. The van der Waals surface area contributed by atoms with Gasteiger partial charge in [0.05, 0.1) is 6.42 Å². The highest BCUT2D eigenvalue weighted by atomic mass is 32.1. The summed E-state index contributed by atoms with van der Waals surface area (Å²) < 4.78 is 0. The maximum absolute atomic E-state index is 12.2. The zero-order valence-corrected chi connectivity index (χ0v) is 13.6. The van der Waals surface area contributed by atoms with E-state index in [1.807, 2.05) is 46.3 Å². The standard InChI is InChI=1S/C15H23N3O2S/c1-16(2)6-5-14(19)17-7-9-18(10-8-17)15(20)12-13-4-3-11-21-13/h3-4,11H,5-10,12H2,1-2H3. The van der Waals surface area contributed by atoms with Crippen LogP contribution in [0.4, 0.5) is 0 Å². The van der Waals surface area contributed by atoms with Crippen LogP contribution < -0.4 is 0 Å². The molecule has 2 heterocycles. The van der Waals surface area contributed by atoms with Crippen LogP contribution in [-0.4, -0.2) is 73.3 Å². The summed E-state index contributed by atoms with van der Waals surface area (Å²) in [6.07, 6.45) is 1.03. The third-order valence-electron chi connectivity index (χ3n) is 3.66. The Balaban J connectivity index is 1.75. The molecule has 1 saturated heterocycles. The number of hydrogen-bond donors (Lipinski definition) is 0. The number of rotatable bonds is 5. The third-order valence-corrected chi connectivity index (χ3v) is 4.54. The molecule has 116 valence electrons. The second kappa shape index (κ2) is 7.56. The minimum atomic E-state index is 0.165. The van der Waals surface area contributed by atoms with E-state index >= 15 is 0 Å². The number of amides is 2. The Kier molecular flexibility index (Phi) is 5.76. The summed E-state index contributed by atoms with van der Waals surface area (Å²) in [5.41, 5.74) is 0. The summed E-state index contributed by atoms with van der Waals surface area (Å²) in [5, 5.41) is 1.99. The molecule has 1 aliphatic rings. The van der Waals surface area contributed by atoms with Gasteiger partial charge in [-0.15, -0.1) is 11.3 Å². The van der Waals surface area contributed by atoms with Crippen molar-refractivity contribution in [3.05, 3.63) is 22.4 Å². The van der Waals surface area contributed by atoms with Crippen LogP contribution in [-0.2, 0) is 16.0 Å². The minimum absolute atomic E-state index is 0.165. The highest BCUT2D eigenvalue weighted by Crippen LogP contribution is 2.12. The summed E-state index contributed by atoms with van der Waals surface area (Å²) >= 11 is 1.61. The fourth-order valence-corrected chi connectivity index (χ4v) is 3.05. The highest BCUT2D eigenvalue weighted by molar-refractivity contribution is 7.10. The highest BCUT2D eigenvalue weighted by Gasteiger charge is 2.23. The van der Waals surface area contributed by atoms with Crippen LogP contribution >= 0.6 is 11.3 Å². The normalized spacial score (nSPS) is 15.6. The SMILES string of the molecule is CN(C)CCC(=O)N1CCN(C(=O)Cc2cccs2)CC1. The monoisotopic (exact) mass is 309 g/mol. The predicted molar refractivity (Wildman–Crippen MR) is 84.4 cm³/mol. The van der Waals surface area contributed by atoms with E-state index in [2.05, 4.69) is 0 Å². The first-order valence-corrected chi connectivity index (χ1v) is 8.17. The van der Waals surface area contributed by atoms with Crippen LogP contribution in [0.2, 0.25) is 0 Å². The largest absolute Gasteiger partial charge is 0.339 e. The summed E-state index contributed by atoms with van der Waals surface area (Å²) in [7, 11) is 3.93. The van der Waals surface area contributed by atoms with Gasteiger partial charge in [-0.25, -0.2) is 0 Å². The Morgan fingerprint density at radius 1 is 1.14 bits per heavy atom. The van der Waals surface area contributed by atoms with Gasteiger partial charge in [0.25, 0.3) is 0 Å². The lowest BCUT2D eigenvalue weighted by molar-refractivity contribution is -0.139. The molecule has 1 aliphatic heterocycles. The molecule has 0 aliphatic carbocycles. The molecule has 0 N–H and O–H groups in total. The van der Waals surface area contributed by atoms with Crippen LogP contribution in [0.1, 0.15) is 11.3 Å². The zero-order valence-electron chi connectivity index (χ0n) is 12.7. The van der Waals surface area contributed by atoms with E-state index < -0.39 is 0 Å². The molecule has 0 unspecified atom stereocenters. The quantitative estimate of drug-likeness (QED) is 0.812. The molecule has 0 bridgehead atoms. The summed E-state index contributed by atoms with van der Waals surface area (Å²) in [6, 6.07) is 3.96. The van der Waals surface area contributed by atoms with Crippen molar-refractivity contribution in [2.24, 2.45) is 0 Å². The number of carbonyl (C=O) groups excluding carboxylic acids is 2. The minimum Gasteiger partial charge on any atom is -0.339 e.